The third kappa shape index (κ3) is 1.65. The summed E-state index contributed by atoms with van der Waals surface area (Å²) in [6.07, 6.45) is 0. The van der Waals surface area contributed by atoms with E-state index in [0.717, 1.165) is 26.7 Å². The van der Waals surface area contributed by atoms with Crippen molar-refractivity contribution >= 4 is 32.5 Å². The Bertz CT molecular complexity index is 525. The molecule has 0 fully saturated rings. The summed E-state index contributed by atoms with van der Waals surface area (Å²) >= 11 is 3.40. The number of hydrogen-bond donors (Lipinski definition) is 1. The Kier molecular flexibility index (Phi) is 2.52. The van der Waals surface area contributed by atoms with Gasteiger partial charge in [-0.1, -0.05) is 0 Å². The van der Waals surface area contributed by atoms with E-state index in [2.05, 4.69) is 20.9 Å². The molecule has 15 heavy (non-hydrogen) atoms. The van der Waals surface area contributed by atoms with Gasteiger partial charge in [0.1, 0.15) is 16.2 Å². The maximum Gasteiger partial charge on any atom is 0.128 e. The molecule has 78 valence electrons. The van der Waals surface area contributed by atoms with E-state index in [9.17, 15) is 0 Å². The highest BCUT2D eigenvalue weighted by Gasteiger charge is 2.07. The normalized spacial score (nSPS) is 10.6. The monoisotopic (exact) mass is 266 g/mol. The minimum atomic E-state index is 0.544. The Labute approximate surface area is 96.4 Å². The number of hydrogen-bond acceptors (Lipinski definition) is 3. The lowest BCUT2D eigenvalue weighted by molar-refractivity contribution is 0.415. The van der Waals surface area contributed by atoms with Crippen molar-refractivity contribution in [2.45, 2.75) is 6.92 Å². The van der Waals surface area contributed by atoms with Gasteiger partial charge in [0.2, 0.25) is 0 Å². The molecule has 1 aromatic carbocycles. The van der Waals surface area contributed by atoms with Crippen molar-refractivity contribution in [3.63, 3.8) is 0 Å². The molecule has 0 radical (unpaired) electrons. The Hall–Kier alpha value is -1.29. The Morgan fingerprint density at radius 2 is 2.07 bits per heavy atom. The van der Waals surface area contributed by atoms with Crippen LogP contribution in [0.25, 0.3) is 10.8 Å². The van der Waals surface area contributed by atoms with Gasteiger partial charge >= 0.3 is 0 Å². The van der Waals surface area contributed by atoms with Crippen LogP contribution in [-0.4, -0.2) is 12.1 Å². The Balaban J connectivity index is 2.85. The van der Waals surface area contributed by atoms with Crippen LogP contribution < -0.4 is 10.5 Å². The van der Waals surface area contributed by atoms with Crippen molar-refractivity contribution in [2.24, 2.45) is 0 Å². The number of benzene rings is 1. The molecule has 0 amide bonds. The second-order valence-corrected chi connectivity index (χ2v) is 4.08. The average molecular weight is 267 g/mol. The number of rotatable bonds is 1. The van der Waals surface area contributed by atoms with E-state index < -0.39 is 0 Å². The zero-order chi connectivity index (χ0) is 11.0. The number of nitrogens with zero attached hydrogens (tertiary/aromatic N) is 1. The summed E-state index contributed by atoms with van der Waals surface area (Å²) < 4.78 is 5.95. The number of ether oxygens (including phenoxy) is 1. The first kappa shape index (κ1) is 10.2. The molecule has 2 aromatic rings. The minimum Gasteiger partial charge on any atom is -0.497 e. The lowest BCUT2D eigenvalue weighted by atomic mass is 10.1. The fraction of sp³-hybridized carbons (Fsp3) is 0.182. The molecule has 4 heteroatoms. The van der Waals surface area contributed by atoms with Gasteiger partial charge in [-0.15, -0.1) is 0 Å². The number of aryl methyl sites for hydroxylation is 1. The standard InChI is InChI=1S/C11H11BrN2O/c1-6-9-5-7(15-2)3-4-8(9)10(12)14-11(6)13/h3-5H,1-2H3,(H2,13,14). The summed E-state index contributed by atoms with van der Waals surface area (Å²) in [5, 5.41) is 2.11. The van der Waals surface area contributed by atoms with Crippen molar-refractivity contribution in [1.82, 2.24) is 4.98 Å². The highest BCUT2D eigenvalue weighted by molar-refractivity contribution is 9.10. The molecule has 2 N–H and O–H groups in total. The predicted octanol–water partition coefficient (Wildman–Crippen LogP) is 2.90. The van der Waals surface area contributed by atoms with E-state index in [1.165, 1.54) is 0 Å². The smallest absolute Gasteiger partial charge is 0.128 e. The van der Waals surface area contributed by atoms with Crippen molar-refractivity contribution in [1.29, 1.82) is 0 Å². The van der Waals surface area contributed by atoms with E-state index in [-0.39, 0.29) is 0 Å². The molecule has 0 aliphatic heterocycles. The van der Waals surface area contributed by atoms with Crippen molar-refractivity contribution in [2.75, 3.05) is 12.8 Å². The average Bonchev–Trinajstić information content (AvgIpc) is 2.25. The lowest BCUT2D eigenvalue weighted by Crippen LogP contribution is -1.96. The molecule has 1 aromatic heterocycles. The molecule has 2 rings (SSSR count). The number of pyridine rings is 1. The molecule has 0 bridgehead atoms. The van der Waals surface area contributed by atoms with Gasteiger partial charge in [0.15, 0.2) is 0 Å². The van der Waals surface area contributed by atoms with Crippen molar-refractivity contribution < 1.29 is 4.74 Å². The minimum absolute atomic E-state index is 0.544. The first-order valence-corrected chi connectivity index (χ1v) is 5.32. The van der Waals surface area contributed by atoms with Crippen LogP contribution in [0.15, 0.2) is 22.8 Å². The fourth-order valence-corrected chi connectivity index (χ4v) is 2.07. The second-order valence-electron chi connectivity index (χ2n) is 3.32. The van der Waals surface area contributed by atoms with Crippen LogP contribution in [-0.2, 0) is 0 Å². The quantitative estimate of drug-likeness (QED) is 0.808. The summed E-state index contributed by atoms with van der Waals surface area (Å²) in [5.41, 5.74) is 6.78. The van der Waals surface area contributed by atoms with E-state index in [1.807, 2.05) is 25.1 Å². The summed E-state index contributed by atoms with van der Waals surface area (Å²) in [7, 11) is 1.65. The van der Waals surface area contributed by atoms with E-state index in [1.54, 1.807) is 7.11 Å². The van der Waals surface area contributed by atoms with E-state index in [0.29, 0.717) is 5.82 Å². The summed E-state index contributed by atoms with van der Waals surface area (Å²) in [5.74, 6) is 1.37. The maximum atomic E-state index is 5.80. The molecule has 1 heterocycles. The molecule has 0 saturated heterocycles. The highest BCUT2D eigenvalue weighted by atomic mass is 79.9. The molecular formula is C11H11BrN2O. The van der Waals surface area contributed by atoms with Gasteiger partial charge in [0.25, 0.3) is 0 Å². The molecule has 0 saturated carbocycles. The van der Waals surface area contributed by atoms with Crippen LogP contribution >= 0.6 is 15.9 Å². The third-order valence-corrected chi connectivity index (χ3v) is 3.06. The van der Waals surface area contributed by atoms with Gasteiger partial charge in [0.05, 0.1) is 7.11 Å². The van der Waals surface area contributed by atoms with E-state index >= 15 is 0 Å². The first-order chi connectivity index (χ1) is 7.13. The number of halogens is 1. The van der Waals surface area contributed by atoms with Gasteiger partial charge in [-0.05, 0) is 52.0 Å². The first-order valence-electron chi connectivity index (χ1n) is 4.53. The molecule has 0 unspecified atom stereocenters. The SMILES string of the molecule is COc1ccc2c(Br)nc(N)c(C)c2c1. The zero-order valence-electron chi connectivity index (χ0n) is 8.54. The van der Waals surface area contributed by atoms with Crippen LogP contribution in [0.1, 0.15) is 5.56 Å². The van der Waals surface area contributed by atoms with Crippen molar-refractivity contribution in [3.8, 4) is 5.75 Å². The van der Waals surface area contributed by atoms with Gasteiger partial charge in [-0.25, -0.2) is 4.98 Å². The van der Waals surface area contributed by atoms with Crippen molar-refractivity contribution in [3.05, 3.63) is 28.4 Å². The zero-order valence-corrected chi connectivity index (χ0v) is 10.1. The number of nitrogens with two attached hydrogens (primary N) is 1. The lowest BCUT2D eigenvalue weighted by Gasteiger charge is -2.08. The van der Waals surface area contributed by atoms with Gasteiger partial charge in [-0.3, -0.25) is 0 Å². The van der Waals surface area contributed by atoms with Crippen LogP contribution in [0.2, 0.25) is 0 Å². The van der Waals surface area contributed by atoms with Gasteiger partial charge < -0.3 is 10.5 Å². The van der Waals surface area contributed by atoms with Crippen LogP contribution in [0, 0.1) is 6.92 Å². The molecule has 0 atom stereocenters. The predicted molar refractivity (Wildman–Crippen MR) is 65.1 cm³/mol. The third-order valence-electron chi connectivity index (χ3n) is 2.46. The summed E-state index contributed by atoms with van der Waals surface area (Å²) in [4.78, 5) is 4.21. The Morgan fingerprint density at radius 3 is 2.73 bits per heavy atom. The van der Waals surface area contributed by atoms with Gasteiger partial charge in [-0.2, -0.15) is 0 Å². The Morgan fingerprint density at radius 1 is 1.33 bits per heavy atom. The van der Waals surface area contributed by atoms with E-state index in [4.69, 9.17) is 10.5 Å². The van der Waals surface area contributed by atoms with Crippen LogP contribution in [0.5, 0.6) is 5.75 Å². The fourth-order valence-electron chi connectivity index (χ4n) is 1.53. The second kappa shape index (κ2) is 3.70. The highest BCUT2D eigenvalue weighted by Crippen LogP contribution is 2.30. The molecular weight excluding hydrogens is 256 g/mol. The maximum absolute atomic E-state index is 5.80. The topological polar surface area (TPSA) is 48.1 Å². The largest absolute Gasteiger partial charge is 0.497 e. The van der Waals surface area contributed by atoms with Crippen LogP contribution in [0.4, 0.5) is 5.82 Å². The summed E-state index contributed by atoms with van der Waals surface area (Å²) in [6, 6.07) is 5.84. The number of methoxy groups -OCH3 is 1. The molecule has 3 nitrogen and oxygen atoms in total. The number of aromatic nitrogens is 1. The molecule has 0 spiro atoms. The van der Waals surface area contributed by atoms with Crippen LogP contribution in [0.3, 0.4) is 0 Å². The number of nitrogen functional groups attached to an aromatic ring is 1. The summed E-state index contributed by atoms with van der Waals surface area (Å²) in [6.45, 7) is 1.95. The number of anilines is 1. The van der Waals surface area contributed by atoms with Gasteiger partial charge in [0, 0.05) is 5.39 Å². The molecule has 0 aliphatic rings. The number of fused-ring (bicyclic) bond motifs is 1. The molecule has 0 aliphatic carbocycles.